The number of nitrogens with zero attached hydrogens (tertiary/aromatic N) is 1. The number of amides is 1. The normalized spacial score (nSPS) is 10.9. The molecule has 0 fully saturated rings. The summed E-state index contributed by atoms with van der Waals surface area (Å²) in [4.78, 5) is 11.9. The Morgan fingerprint density at radius 3 is 2.75 bits per heavy atom. The van der Waals surface area contributed by atoms with Gasteiger partial charge in [0.25, 0.3) is 5.91 Å². The zero-order chi connectivity index (χ0) is 16.8. The summed E-state index contributed by atoms with van der Waals surface area (Å²) in [7, 11) is 0. The summed E-state index contributed by atoms with van der Waals surface area (Å²) in [5.41, 5.74) is 3.35. The third-order valence-corrected chi connectivity index (χ3v) is 3.85. The van der Waals surface area contributed by atoms with Crippen LogP contribution >= 0.6 is 15.9 Å². The molecule has 0 aliphatic carbocycles. The molecule has 0 saturated heterocycles. The molecular formula is C19H15BrN2O2. The maximum absolute atomic E-state index is 11.9. The molecule has 1 amide bonds. The van der Waals surface area contributed by atoms with E-state index in [9.17, 15) is 4.79 Å². The van der Waals surface area contributed by atoms with Gasteiger partial charge >= 0.3 is 0 Å². The minimum absolute atomic E-state index is 0.0934. The van der Waals surface area contributed by atoms with E-state index in [2.05, 4.69) is 26.5 Å². The quantitative estimate of drug-likeness (QED) is 0.532. The van der Waals surface area contributed by atoms with Crippen LogP contribution in [0, 0.1) is 0 Å². The first-order chi connectivity index (χ1) is 11.7. The van der Waals surface area contributed by atoms with Crippen molar-refractivity contribution >= 4 is 38.8 Å². The molecule has 0 radical (unpaired) electrons. The van der Waals surface area contributed by atoms with E-state index in [4.69, 9.17) is 4.74 Å². The monoisotopic (exact) mass is 382 g/mol. The maximum Gasteiger partial charge on any atom is 0.277 e. The van der Waals surface area contributed by atoms with Crippen molar-refractivity contribution in [1.82, 2.24) is 5.43 Å². The number of carbonyl (C=O) groups is 1. The second-order valence-corrected chi connectivity index (χ2v) is 6.03. The van der Waals surface area contributed by atoms with Gasteiger partial charge in [-0.15, -0.1) is 0 Å². The molecule has 0 bridgehead atoms. The molecule has 0 heterocycles. The Morgan fingerprint density at radius 2 is 1.88 bits per heavy atom. The van der Waals surface area contributed by atoms with Gasteiger partial charge in [0.2, 0.25) is 0 Å². The van der Waals surface area contributed by atoms with E-state index in [0.29, 0.717) is 5.75 Å². The number of ether oxygens (including phenoxy) is 1. The second-order valence-electron chi connectivity index (χ2n) is 5.11. The molecule has 0 aromatic heterocycles. The van der Waals surface area contributed by atoms with Crippen molar-refractivity contribution in [1.29, 1.82) is 0 Å². The van der Waals surface area contributed by atoms with Crippen LogP contribution in [0.5, 0.6) is 5.75 Å². The van der Waals surface area contributed by atoms with Gasteiger partial charge in [0.15, 0.2) is 6.61 Å². The lowest BCUT2D eigenvalue weighted by Gasteiger charge is -2.08. The topological polar surface area (TPSA) is 50.7 Å². The van der Waals surface area contributed by atoms with E-state index >= 15 is 0 Å². The molecule has 0 aliphatic heterocycles. The minimum atomic E-state index is -0.311. The van der Waals surface area contributed by atoms with Crippen LogP contribution in [0.4, 0.5) is 0 Å². The Labute approximate surface area is 148 Å². The van der Waals surface area contributed by atoms with E-state index in [1.165, 1.54) is 0 Å². The number of hydrazone groups is 1. The highest BCUT2D eigenvalue weighted by Crippen LogP contribution is 2.24. The number of carbonyl (C=O) groups excluding carboxylic acids is 1. The lowest BCUT2D eigenvalue weighted by molar-refractivity contribution is -0.123. The molecule has 0 unspecified atom stereocenters. The average molecular weight is 383 g/mol. The Morgan fingerprint density at radius 1 is 1.08 bits per heavy atom. The zero-order valence-electron chi connectivity index (χ0n) is 12.8. The highest BCUT2D eigenvalue weighted by Gasteiger charge is 2.04. The molecule has 1 N–H and O–H groups in total. The summed E-state index contributed by atoms with van der Waals surface area (Å²) in [6.07, 6.45) is 1.58. The van der Waals surface area contributed by atoms with E-state index in [1.807, 2.05) is 66.7 Å². The fraction of sp³-hybridized carbons (Fsp3) is 0.0526. The lowest BCUT2D eigenvalue weighted by atomic mass is 10.1. The van der Waals surface area contributed by atoms with Crippen LogP contribution in [-0.4, -0.2) is 18.7 Å². The predicted octanol–water partition coefficient (Wildman–Crippen LogP) is 4.13. The van der Waals surface area contributed by atoms with Crippen LogP contribution in [0.25, 0.3) is 10.8 Å². The van der Waals surface area contributed by atoms with Gasteiger partial charge in [-0.25, -0.2) is 5.43 Å². The van der Waals surface area contributed by atoms with Crippen molar-refractivity contribution in [3.63, 3.8) is 0 Å². The van der Waals surface area contributed by atoms with Crippen LogP contribution in [0.3, 0.4) is 0 Å². The SMILES string of the molecule is O=C(COc1cccc2ccccc12)N/N=C/c1cccc(Br)c1. The molecule has 5 heteroatoms. The predicted molar refractivity (Wildman–Crippen MR) is 99.3 cm³/mol. The number of fused-ring (bicyclic) bond motifs is 1. The van der Waals surface area contributed by atoms with Crippen LogP contribution in [-0.2, 0) is 4.79 Å². The highest BCUT2D eigenvalue weighted by atomic mass is 79.9. The zero-order valence-corrected chi connectivity index (χ0v) is 14.4. The van der Waals surface area contributed by atoms with Gasteiger partial charge in [0.1, 0.15) is 5.75 Å². The number of benzene rings is 3. The molecule has 120 valence electrons. The lowest BCUT2D eigenvalue weighted by Crippen LogP contribution is -2.24. The summed E-state index contributed by atoms with van der Waals surface area (Å²) in [6, 6.07) is 21.3. The van der Waals surface area contributed by atoms with Crippen molar-refractivity contribution < 1.29 is 9.53 Å². The van der Waals surface area contributed by atoms with Crippen LogP contribution in [0.2, 0.25) is 0 Å². The first-order valence-electron chi connectivity index (χ1n) is 7.40. The van der Waals surface area contributed by atoms with Gasteiger partial charge in [-0.2, -0.15) is 5.10 Å². The molecule has 3 aromatic carbocycles. The fourth-order valence-electron chi connectivity index (χ4n) is 2.26. The summed E-state index contributed by atoms with van der Waals surface area (Å²) < 4.78 is 6.57. The molecular weight excluding hydrogens is 368 g/mol. The van der Waals surface area contributed by atoms with E-state index in [-0.39, 0.29) is 12.5 Å². The van der Waals surface area contributed by atoms with Crippen molar-refractivity contribution in [2.75, 3.05) is 6.61 Å². The van der Waals surface area contributed by atoms with Crippen LogP contribution in [0.1, 0.15) is 5.56 Å². The van der Waals surface area contributed by atoms with E-state index in [0.717, 1.165) is 20.8 Å². The van der Waals surface area contributed by atoms with Crippen molar-refractivity contribution in [2.24, 2.45) is 5.10 Å². The molecule has 24 heavy (non-hydrogen) atoms. The van der Waals surface area contributed by atoms with E-state index in [1.54, 1.807) is 6.21 Å². The number of rotatable bonds is 5. The number of hydrogen-bond donors (Lipinski definition) is 1. The largest absolute Gasteiger partial charge is 0.483 e. The average Bonchev–Trinajstić information content (AvgIpc) is 2.60. The van der Waals surface area contributed by atoms with Gasteiger partial charge in [-0.05, 0) is 29.1 Å². The van der Waals surface area contributed by atoms with Gasteiger partial charge in [-0.1, -0.05) is 64.5 Å². The van der Waals surface area contributed by atoms with Crippen LogP contribution < -0.4 is 10.2 Å². The number of nitrogens with one attached hydrogen (secondary N) is 1. The van der Waals surface area contributed by atoms with E-state index < -0.39 is 0 Å². The Balaban J connectivity index is 1.57. The van der Waals surface area contributed by atoms with Gasteiger partial charge < -0.3 is 4.74 Å². The highest BCUT2D eigenvalue weighted by molar-refractivity contribution is 9.10. The third kappa shape index (κ3) is 4.20. The molecule has 3 rings (SSSR count). The van der Waals surface area contributed by atoms with Crippen molar-refractivity contribution in [2.45, 2.75) is 0 Å². The van der Waals surface area contributed by atoms with Crippen molar-refractivity contribution in [3.05, 3.63) is 76.8 Å². The van der Waals surface area contributed by atoms with Crippen LogP contribution in [0.15, 0.2) is 76.3 Å². The Bertz CT molecular complexity index is 888. The van der Waals surface area contributed by atoms with Gasteiger partial charge in [-0.3, -0.25) is 4.79 Å². The first-order valence-corrected chi connectivity index (χ1v) is 8.20. The summed E-state index contributed by atoms with van der Waals surface area (Å²) in [5, 5.41) is 5.98. The summed E-state index contributed by atoms with van der Waals surface area (Å²) >= 11 is 3.38. The molecule has 3 aromatic rings. The Kier molecular flexibility index (Phi) is 5.23. The molecule has 0 saturated carbocycles. The number of halogens is 1. The second kappa shape index (κ2) is 7.75. The first kappa shape index (κ1) is 16.2. The maximum atomic E-state index is 11.9. The van der Waals surface area contributed by atoms with Gasteiger partial charge in [0.05, 0.1) is 6.21 Å². The van der Waals surface area contributed by atoms with Gasteiger partial charge in [0, 0.05) is 9.86 Å². The molecule has 0 spiro atoms. The Hall–Kier alpha value is -2.66. The summed E-state index contributed by atoms with van der Waals surface area (Å²) in [6.45, 7) is -0.0934. The number of hydrogen-bond acceptors (Lipinski definition) is 3. The fourth-order valence-corrected chi connectivity index (χ4v) is 2.68. The standard InChI is InChI=1S/C19H15BrN2O2/c20-16-8-3-5-14(11-16)12-21-22-19(23)13-24-18-10-4-7-15-6-1-2-9-17(15)18/h1-12H,13H2,(H,22,23)/b21-12+. The molecule has 0 aliphatic rings. The third-order valence-electron chi connectivity index (χ3n) is 3.36. The molecule has 0 atom stereocenters. The molecule has 4 nitrogen and oxygen atoms in total. The van der Waals surface area contributed by atoms with Crippen molar-refractivity contribution in [3.8, 4) is 5.75 Å². The smallest absolute Gasteiger partial charge is 0.277 e. The minimum Gasteiger partial charge on any atom is -0.483 e. The summed E-state index contributed by atoms with van der Waals surface area (Å²) in [5.74, 6) is 0.369.